The van der Waals surface area contributed by atoms with Gasteiger partial charge in [-0.2, -0.15) is 5.10 Å². The Morgan fingerprint density at radius 1 is 1.07 bits per heavy atom. The Labute approximate surface area is 161 Å². The first kappa shape index (κ1) is 19.4. The number of hydrogen-bond acceptors (Lipinski definition) is 4. The van der Waals surface area contributed by atoms with E-state index >= 15 is 0 Å². The van der Waals surface area contributed by atoms with Gasteiger partial charge in [-0.1, -0.05) is 45.2 Å². The van der Waals surface area contributed by atoms with E-state index in [1.807, 2.05) is 12.1 Å². The number of imide groups is 1. The molecular weight excluding hydrogens is 340 g/mol. The minimum atomic E-state index is -0.725. The molecule has 2 aliphatic rings. The van der Waals surface area contributed by atoms with E-state index in [1.165, 1.54) is 5.69 Å². The van der Waals surface area contributed by atoms with Gasteiger partial charge in [-0.3, -0.25) is 4.79 Å². The van der Waals surface area contributed by atoms with Crippen molar-refractivity contribution in [1.29, 1.82) is 0 Å². The minimum absolute atomic E-state index is 0.211. The summed E-state index contributed by atoms with van der Waals surface area (Å²) < 4.78 is 0. The third-order valence-electron chi connectivity index (χ3n) is 5.42. The topological polar surface area (TPSA) is 65.0 Å². The second kappa shape index (κ2) is 8.55. The lowest BCUT2D eigenvalue weighted by Gasteiger charge is -2.29. The zero-order valence-electron chi connectivity index (χ0n) is 16.4. The van der Waals surface area contributed by atoms with Gasteiger partial charge in [-0.05, 0) is 43.4 Å². The van der Waals surface area contributed by atoms with Crippen molar-refractivity contribution in [2.45, 2.75) is 64.3 Å². The molecule has 1 saturated heterocycles. The normalized spacial score (nSPS) is 19.1. The largest absolute Gasteiger partial charge is 0.372 e. The highest BCUT2D eigenvalue weighted by atomic mass is 16.2. The van der Waals surface area contributed by atoms with Crippen LogP contribution in [0.3, 0.4) is 0 Å². The number of anilines is 1. The number of amides is 3. The maximum Gasteiger partial charge on any atom is 0.346 e. The van der Waals surface area contributed by atoms with Gasteiger partial charge in [0.2, 0.25) is 0 Å². The highest BCUT2D eigenvalue weighted by Gasteiger charge is 2.51. The summed E-state index contributed by atoms with van der Waals surface area (Å²) in [6.45, 7) is 6.43. The number of hydrazone groups is 1. The predicted octanol–water partition coefficient (Wildman–Crippen LogP) is 3.90. The molecule has 1 aromatic carbocycles. The first-order chi connectivity index (χ1) is 13.1. The molecule has 0 unspecified atom stereocenters. The van der Waals surface area contributed by atoms with Crippen LogP contribution in [0.5, 0.6) is 0 Å². The van der Waals surface area contributed by atoms with Gasteiger partial charge in [0.1, 0.15) is 5.54 Å². The monoisotopic (exact) mass is 370 g/mol. The number of carbonyl (C=O) groups excluding carboxylic acids is 2. The molecule has 1 aliphatic heterocycles. The first-order valence-corrected chi connectivity index (χ1v) is 10.2. The number of hydrogen-bond donors (Lipinski definition) is 1. The van der Waals surface area contributed by atoms with Crippen LogP contribution in [0.4, 0.5) is 10.5 Å². The SMILES string of the molecule is CCCN(CCC)c1ccc(/C=N\N2C(=O)NC3(CCCCC3)C2=O)cc1. The standard InChI is InChI=1S/C21H30N4O2/c1-3-14-24(15-4-2)18-10-8-17(9-11-18)16-22-25-19(26)21(23-20(25)27)12-6-5-7-13-21/h8-11,16H,3-7,12-15H2,1-2H3,(H,23,27)/b22-16-. The Balaban J connectivity index is 1.68. The molecule has 1 spiro atoms. The number of carbonyl (C=O) groups is 2. The maximum absolute atomic E-state index is 12.7. The van der Waals surface area contributed by atoms with Crippen LogP contribution in [0.15, 0.2) is 29.4 Å². The predicted molar refractivity (Wildman–Crippen MR) is 108 cm³/mol. The lowest BCUT2D eigenvalue weighted by molar-refractivity contribution is -0.132. The van der Waals surface area contributed by atoms with Gasteiger partial charge >= 0.3 is 6.03 Å². The molecule has 6 heteroatoms. The van der Waals surface area contributed by atoms with Crippen molar-refractivity contribution in [2.24, 2.45) is 5.10 Å². The molecule has 3 amide bonds. The van der Waals surface area contributed by atoms with Crippen LogP contribution in [0, 0.1) is 0 Å². The molecule has 1 aromatic rings. The maximum atomic E-state index is 12.7. The Bertz CT molecular complexity index is 687. The fourth-order valence-electron chi connectivity index (χ4n) is 4.01. The first-order valence-electron chi connectivity index (χ1n) is 10.2. The summed E-state index contributed by atoms with van der Waals surface area (Å²) in [6.07, 6.45) is 8.29. The van der Waals surface area contributed by atoms with E-state index in [2.05, 4.69) is 41.3 Å². The Morgan fingerprint density at radius 2 is 1.70 bits per heavy atom. The van der Waals surface area contributed by atoms with E-state index in [1.54, 1.807) is 6.21 Å². The van der Waals surface area contributed by atoms with Crippen LogP contribution in [0.1, 0.15) is 64.4 Å². The highest BCUT2D eigenvalue weighted by molar-refractivity contribution is 6.07. The molecule has 1 N–H and O–H groups in total. The van der Waals surface area contributed by atoms with Gasteiger partial charge in [-0.25, -0.2) is 4.79 Å². The fraction of sp³-hybridized carbons (Fsp3) is 0.571. The Kier molecular flexibility index (Phi) is 6.14. The molecule has 0 aromatic heterocycles. The summed E-state index contributed by atoms with van der Waals surface area (Å²) in [5.74, 6) is -0.211. The molecule has 0 radical (unpaired) electrons. The average molecular weight is 370 g/mol. The summed E-state index contributed by atoms with van der Waals surface area (Å²) in [5, 5.41) is 8.06. The molecule has 146 valence electrons. The average Bonchev–Trinajstić information content (AvgIpc) is 2.90. The zero-order chi connectivity index (χ0) is 19.3. The van der Waals surface area contributed by atoms with Crippen LogP contribution in [-0.2, 0) is 4.79 Å². The molecule has 0 bridgehead atoms. The molecule has 2 fully saturated rings. The van der Waals surface area contributed by atoms with Gasteiger partial charge in [-0.15, -0.1) is 5.01 Å². The van der Waals surface area contributed by atoms with E-state index in [9.17, 15) is 9.59 Å². The number of nitrogens with one attached hydrogen (secondary N) is 1. The third kappa shape index (κ3) is 4.15. The summed E-state index contributed by atoms with van der Waals surface area (Å²) >= 11 is 0. The summed E-state index contributed by atoms with van der Waals surface area (Å²) in [4.78, 5) is 27.3. The van der Waals surface area contributed by atoms with E-state index in [-0.39, 0.29) is 5.91 Å². The van der Waals surface area contributed by atoms with Gasteiger partial charge < -0.3 is 10.2 Å². The lowest BCUT2D eigenvalue weighted by Crippen LogP contribution is -2.48. The molecule has 1 aliphatic carbocycles. The Hall–Kier alpha value is -2.37. The van der Waals surface area contributed by atoms with E-state index in [0.29, 0.717) is 12.8 Å². The second-order valence-corrected chi connectivity index (χ2v) is 7.51. The summed E-state index contributed by atoms with van der Waals surface area (Å²) in [5.41, 5.74) is 1.33. The van der Waals surface area contributed by atoms with Crippen molar-refractivity contribution in [2.75, 3.05) is 18.0 Å². The number of benzene rings is 1. The quantitative estimate of drug-likeness (QED) is 0.585. The molecule has 1 heterocycles. The van der Waals surface area contributed by atoms with Gasteiger partial charge in [0.25, 0.3) is 5.91 Å². The highest BCUT2D eigenvalue weighted by Crippen LogP contribution is 2.33. The van der Waals surface area contributed by atoms with Crippen molar-refractivity contribution in [3.05, 3.63) is 29.8 Å². The third-order valence-corrected chi connectivity index (χ3v) is 5.42. The zero-order valence-corrected chi connectivity index (χ0v) is 16.4. The van der Waals surface area contributed by atoms with Gasteiger partial charge in [0, 0.05) is 18.8 Å². The van der Waals surface area contributed by atoms with Crippen molar-refractivity contribution >= 4 is 23.8 Å². The summed E-state index contributed by atoms with van der Waals surface area (Å²) in [7, 11) is 0. The number of rotatable bonds is 7. The molecule has 3 rings (SSSR count). The van der Waals surface area contributed by atoms with Crippen molar-refractivity contribution in [3.8, 4) is 0 Å². The lowest BCUT2D eigenvalue weighted by atomic mass is 9.82. The van der Waals surface area contributed by atoms with E-state index in [4.69, 9.17) is 0 Å². The van der Waals surface area contributed by atoms with Gasteiger partial charge in [0.15, 0.2) is 0 Å². The van der Waals surface area contributed by atoms with Crippen molar-refractivity contribution < 1.29 is 9.59 Å². The van der Waals surface area contributed by atoms with E-state index < -0.39 is 11.6 Å². The van der Waals surface area contributed by atoms with Crippen molar-refractivity contribution in [3.63, 3.8) is 0 Å². The molecule has 27 heavy (non-hydrogen) atoms. The summed E-state index contributed by atoms with van der Waals surface area (Å²) in [6, 6.07) is 7.69. The molecule has 6 nitrogen and oxygen atoms in total. The molecule has 1 saturated carbocycles. The minimum Gasteiger partial charge on any atom is -0.372 e. The second-order valence-electron chi connectivity index (χ2n) is 7.51. The number of nitrogens with zero attached hydrogens (tertiary/aromatic N) is 3. The smallest absolute Gasteiger partial charge is 0.346 e. The van der Waals surface area contributed by atoms with Crippen LogP contribution in [0.25, 0.3) is 0 Å². The number of urea groups is 1. The van der Waals surface area contributed by atoms with Crippen LogP contribution in [0.2, 0.25) is 0 Å². The van der Waals surface area contributed by atoms with E-state index in [0.717, 1.165) is 55.8 Å². The van der Waals surface area contributed by atoms with Crippen LogP contribution < -0.4 is 10.2 Å². The molecule has 0 atom stereocenters. The van der Waals surface area contributed by atoms with Crippen molar-refractivity contribution in [1.82, 2.24) is 10.3 Å². The van der Waals surface area contributed by atoms with Crippen LogP contribution in [-0.4, -0.2) is 41.8 Å². The van der Waals surface area contributed by atoms with Gasteiger partial charge in [0.05, 0.1) is 6.21 Å². The fourth-order valence-corrected chi connectivity index (χ4v) is 4.01. The van der Waals surface area contributed by atoms with Crippen LogP contribution >= 0.6 is 0 Å². The molecular formula is C21H30N4O2. The Morgan fingerprint density at radius 3 is 2.30 bits per heavy atom.